The minimum absolute atomic E-state index is 0.169. The van der Waals surface area contributed by atoms with Crippen LogP contribution >= 0.6 is 34.4 Å². The van der Waals surface area contributed by atoms with E-state index < -0.39 is 5.97 Å². The Morgan fingerprint density at radius 3 is 2.79 bits per heavy atom. The van der Waals surface area contributed by atoms with Gasteiger partial charge in [-0.1, -0.05) is 24.8 Å². The number of anilines is 1. The molecule has 7 nitrogen and oxygen atoms in total. The smallest absolute Gasteiger partial charge is 0.340 e. The molecule has 0 radical (unpaired) electrons. The number of aromatic nitrogens is 3. The lowest BCUT2D eigenvalue weighted by atomic mass is 10.2. The summed E-state index contributed by atoms with van der Waals surface area (Å²) in [5.41, 5.74) is 0.388. The fourth-order valence-corrected chi connectivity index (χ4v) is 5.05. The van der Waals surface area contributed by atoms with Crippen LogP contribution in [0.4, 0.5) is 5.00 Å². The fraction of sp³-hybridized carbons (Fsp3) is 0.333. The van der Waals surface area contributed by atoms with Crippen molar-refractivity contribution in [3.05, 3.63) is 34.0 Å². The maximum Gasteiger partial charge on any atom is 0.340 e. The number of amides is 1. The van der Waals surface area contributed by atoms with Gasteiger partial charge in [-0.05, 0) is 30.9 Å². The molecule has 3 aromatic heterocycles. The molecule has 3 rings (SSSR count). The summed E-state index contributed by atoms with van der Waals surface area (Å²) in [6.07, 6.45) is 0.782. The lowest BCUT2D eigenvalue weighted by Gasteiger charge is -2.07. The van der Waals surface area contributed by atoms with E-state index in [0.29, 0.717) is 22.3 Å². The summed E-state index contributed by atoms with van der Waals surface area (Å²) < 4.78 is 6.79. The van der Waals surface area contributed by atoms with E-state index in [1.165, 1.54) is 30.2 Å². The second-order valence-electron chi connectivity index (χ2n) is 5.67. The predicted octanol–water partition coefficient (Wildman–Crippen LogP) is 4.17. The van der Waals surface area contributed by atoms with E-state index in [1.54, 1.807) is 17.4 Å². The molecule has 28 heavy (non-hydrogen) atoms. The van der Waals surface area contributed by atoms with Crippen molar-refractivity contribution in [3.63, 3.8) is 0 Å². The van der Waals surface area contributed by atoms with Gasteiger partial charge in [-0.15, -0.1) is 32.9 Å². The van der Waals surface area contributed by atoms with E-state index >= 15 is 0 Å². The normalized spacial score (nSPS) is 10.8. The molecule has 0 aromatic carbocycles. The van der Waals surface area contributed by atoms with E-state index in [2.05, 4.69) is 15.5 Å². The van der Waals surface area contributed by atoms with Crippen LogP contribution in [0.25, 0.3) is 10.7 Å². The molecule has 0 atom stereocenters. The molecule has 0 bridgehead atoms. The minimum atomic E-state index is -0.454. The third-order valence-corrected chi connectivity index (χ3v) is 6.92. The second kappa shape index (κ2) is 9.35. The SMILES string of the molecule is CCc1cc(C(=O)OC)c(NC(=O)CSc2nnc(-c3cccs3)n2CC)s1. The number of hydrogen-bond acceptors (Lipinski definition) is 8. The quantitative estimate of drug-likeness (QED) is 0.421. The summed E-state index contributed by atoms with van der Waals surface area (Å²) >= 11 is 4.31. The van der Waals surface area contributed by atoms with Gasteiger partial charge in [0.2, 0.25) is 5.91 Å². The highest BCUT2D eigenvalue weighted by Crippen LogP contribution is 2.30. The standard InChI is InChI=1S/C18H20N4O3S3/c1-4-11-9-12(17(24)25-3)16(28-11)19-14(23)10-27-18-21-20-15(22(18)5-2)13-7-6-8-26-13/h6-9H,4-5,10H2,1-3H3,(H,19,23). The first-order valence-electron chi connectivity index (χ1n) is 8.68. The molecule has 0 saturated carbocycles. The Hall–Kier alpha value is -2.17. The van der Waals surface area contributed by atoms with Crippen LogP contribution in [0.3, 0.4) is 0 Å². The highest BCUT2D eigenvalue weighted by Gasteiger charge is 2.19. The highest BCUT2D eigenvalue weighted by atomic mass is 32.2. The first-order chi connectivity index (χ1) is 13.6. The van der Waals surface area contributed by atoms with Gasteiger partial charge in [-0.3, -0.25) is 4.79 Å². The van der Waals surface area contributed by atoms with Crippen LogP contribution < -0.4 is 5.32 Å². The van der Waals surface area contributed by atoms with Crippen LogP contribution in [0.15, 0.2) is 28.7 Å². The number of thioether (sulfide) groups is 1. The Morgan fingerprint density at radius 1 is 1.32 bits per heavy atom. The third kappa shape index (κ3) is 4.45. The van der Waals surface area contributed by atoms with Crippen LogP contribution in [0.5, 0.6) is 0 Å². The maximum absolute atomic E-state index is 12.4. The van der Waals surface area contributed by atoms with Gasteiger partial charge in [0.05, 0.1) is 23.3 Å². The van der Waals surface area contributed by atoms with Gasteiger partial charge in [0, 0.05) is 11.4 Å². The Labute approximate surface area is 175 Å². The van der Waals surface area contributed by atoms with Gasteiger partial charge in [-0.2, -0.15) is 0 Å². The summed E-state index contributed by atoms with van der Waals surface area (Å²) in [7, 11) is 1.33. The molecule has 0 fully saturated rings. The van der Waals surface area contributed by atoms with Gasteiger partial charge in [0.1, 0.15) is 5.00 Å². The first-order valence-corrected chi connectivity index (χ1v) is 11.4. The molecule has 0 saturated heterocycles. The topological polar surface area (TPSA) is 86.1 Å². The van der Waals surface area contributed by atoms with Crippen molar-refractivity contribution in [3.8, 4) is 10.7 Å². The van der Waals surface area contributed by atoms with E-state index in [9.17, 15) is 9.59 Å². The van der Waals surface area contributed by atoms with Crippen LogP contribution in [0.2, 0.25) is 0 Å². The monoisotopic (exact) mass is 436 g/mol. The number of thiophene rings is 2. The van der Waals surface area contributed by atoms with Crippen molar-refractivity contribution in [1.29, 1.82) is 0 Å². The van der Waals surface area contributed by atoms with Crippen LogP contribution in [-0.2, 0) is 22.5 Å². The van der Waals surface area contributed by atoms with Crippen molar-refractivity contribution in [2.75, 3.05) is 18.2 Å². The molecular weight excluding hydrogens is 416 g/mol. The largest absolute Gasteiger partial charge is 0.465 e. The number of methoxy groups -OCH3 is 1. The number of carbonyl (C=O) groups excluding carboxylic acids is 2. The van der Waals surface area contributed by atoms with Gasteiger partial charge in [0.25, 0.3) is 0 Å². The Balaban J connectivity index is 1.69. The van der Waals surface area contributed by atoms with Crippen LogP contribution in [0, 0.1) is 0 Å². The summed E-state index contributed by atoms with van der Waals surface area (Å²) in [6.45, 7) is 4.73. The number of rotatable bonds is 8. The zero-order valence-corrected chi connectivity index (χ0v) is 18.2. The molecular formula is C18H20N4O3S3. The molecule has 3 heterocycles. The van der Waals surface area contributed by atoms with Gasteiger partial charge >= 0.3 is 5.97 Å². The molecule has 0 spiro atoms. The average molecular weight is 437 g/mol. The molecule has 1 N–H and O–H groups in total. The number of nitrogens with one attached hydrogen (secondary N) is 1. The number of nitrogens with zero attached hydrogens (tertiary/aromatic N) is 3. The van der Waals surface area contributed by atoms with E-state index in [1.807, 2.05) is 35.9 Å². The molecule has 148 valence electrons. The number of carbonyl (C=O) groups is 2. The number of aryl methyl sites for hydroxylation is 1. The Kier molecular flexibility index (Phi) is 6.87. The lowest BCUT2D eigenvalue weighted by Crippen LogP contribution is -2.16. The zero-order valence-electron chi connectivity index (χ0n) is 15.7. The zero-order chi connectivity index (χ0) is 20.1. The summed E-state index contributed by atoms with van der Waals surface area (Å²) in [5.74, 6) is 0.315. The van der Waals surface area contributed by atoms with Crippen LogP contribution in [0.1, 0.15) is 29.1 Å². The number of hydrogen-bond donors (Lipinski definition) is 1. The molecule has 0 aliphatic heterocycles. The van der Waals surface area contributed by atoms with E-state index in [4.69, 9.17) is 4.74 Å². The van der Waals surface area contributed by atoms with Crippen molar-refractivity contribution in [1.82, 2.24) is 14.8 Å². The second-order valence-corrected chi connectivity index (χ2v) is 8.69. The van der Waals surface area contributed by atoms with E-state index in [0.717, 1.165) is 22.0 Å². The number of ether oxygens (including phenoxy) is 1. The summed E-state index contributed by atoms with van der Waals surface area (Å²) in [4.78, 5) is 26.4. The molecule has 0 unspecified atom stereocenters. The highest BCUT2D eigenvalue weighted by molar-refractivity contribution is 7.99. The Bertz CT molecular complexity index is 963. The van der Waals surface area contributed by atoms with Crippen molar-refractivity contribution >= 4 is 51.3 Å². The fourth-order valence-electron chi connectivity index (χ4n) is 2.53. The van der Waals surface area contributed by atoms with E-state index in [-0.39, 0.29) is 11.7 Å². The summed E-state index contributed by atoms with van der Waals surface area (Å²) in [6, 6.07) is 5.73. The maximum atomic E-state index is 12.4. The molecule has 3 aromatic rings. The Morgan fingerprint density at radius 2 is 2.14 bits per heavy atom. The summed E-state index contributed by atoms with van der Waals surface area (Å²) in [5, 5.41) is 14.5. The molecule has 0 aliphatic rings. The predicted molar refractivity (Wildman–Crippen MR) is 113 cm³/mol. The van der Waals surface area contributed by atoms with Crippen molar-refractivity contribution < 1.29 is 14.3 Å². The first kappa shape index (κ1) is 20.6. The average Bonchev–Trinajstić information content (AvgIpc) is 3.44. The van der Waals surface area contributed by atoms with Crippen molar-refractivity contribution in [2.45, 2.75) is 32.0 Å². The molecule has 1 amide bonds. The van der Waals surface area contributed by atoms with Gasteiger partial charge < -0.3 is 14.6 Å². The number of esters is 1. The minimum Gasteiger partial charge on any atom is -0.465 e. The van der Waals surface area contributed by atoms with Crippen LogP contribution in [-0.4, -0.2) is 39.5 Å². The van der Waals surface area contributed by atoms with Crippen molar-refractivity contribution in [2.24, 2.45) is 0 Å². The van der Waals surface area contributed by atoms with Gasteiger partial charge in [0.15, 0.2) is 11.0 Å². The molecule has 10 heteroatoms. The molecule has 0 aliphatic carbocycles. The van der Waals surface area contributed by atoms with Gasteiger partial charge in [-0.25, -0.2) is 4.79 Å². The third-order valence-electron chi connectivity index (χ3n) is 3.90. The lowest BCUT2D eigenvalue weighted by molar-refractivity contribution is -0.113.